The molecule has 1 saturated carbocycles. The minimum Gasteiger partial charge on any atom is -0.299 e. The quantitative estimate of drug-likeness (QED) is 0.819. The molecule has 0 radical (unpaired) electrons. The fraction of sp³-hybridized carbons (Fsp3) is 0.600. The Bertz CT molecular complexity index is 428. The van der Waals surface area contributed by atoms with E-state index in [1.807, 2.05) is 12.1 Å². The Morgan fingerprint density at radius 3 is 2.78 bits per heavy atom. The maximum Gasteiger partial charge on any atom is 0.144 e. The molecule has 0 aliphatic heterocycles. The van der Waals surface area contributed by atoms with Gasteiger partial charge in [-0.2, -0.15) is 5.26 Å². The Labute approximate surface area is 109 Å². The van der Waals surface area contributed by atoms with Gasteiger partial charge in [-0.3, -0.25) is 4.90 Å². The topological polar surface area (TPSA) is 39.9 Å². The van der Waals surface area contributed by atoms with Gasteiger partial charge in [0.25, 0.3) is 0 Å². The summed E-state index contributed by atoms with van der Waals surface area (Å²) in [5.74, 6) is 0.878. The van der Waals surface area contributed by atoms with Gasteiger partial charge >= 0.3 is 0 Å². The maximum absolute atomic E-state index is 9.05. The molecule has 2 rings (SSSR count). The molecule has 3 heteroatoms. The van der Waals surface area contributed by atoms with E-state index in [2.05, 4.69) is 29.9 Å². The lowest BCUT2D eigenvalue weighted by Crippen LogP contribution is -2.34. The second kappa shape index (κ2) is 5.97. The third-order valence-corrected chi connectivity index (χ3v) is 4.03. The minimum atomic E-state index is 0.563. The van der Waals surface area contributed by atoms with Gasteiger partial charge in [-0.05, 0) is 44.7 Å². The Morgan fingerprint density at radius 1 is 1.39 bits per heavy atom. The molecule has 0 N–H and O–H groups in total. The lowest BCUT2D eigenvalue weighted by atomic mass is 9.86. The first-order valence-corrected chi connectivity index (χ1v) is 6.75. The number of nitrogens with zero attached hydrogens (tertiary/aromatic N) is 3. The highest BCUT2D eigenvalue weighted by molar-refractivity contribution is 5.30. The molecule has 1 aliphatic rings. The summed E-state index contributed by atoms with van der Waals surface area (Å²) in [5, 5.41) is 9.05. The zero-order chi connectivity index (χ0) is 13.0. The second-order valence-electron chi connectivity index (χ2n) is 5.45. The van der Waals surface area contributed by atoms with Crippen LogP contribution in [0.5, 0.6) is 0 Å². The molecule has 1 aromatic heterocycles. The summed E-state index contributed by atoms with van der Waals surface area (Å²) in [5.41, 5.74) is 1.61. The summed E-state index contributed by atoms with van der Waals surface area (Å²) in [7, 11) is 2.16. The van der Waals surface area contributed by atoms with Gasteiger partial charge in [-0.15, -0.1) is 0 Å². The average Bonchev–Trinajstić information content (AvgIpc) is 2.40. The van der Waals surface area contributed by atoms with Gasteiger partial charge in [-0.25, -0.2) is 4.98 Å². The first kappa shape index (κ1) is 13.0. The summed E-state index contributed by atoms with van der Waals surface area (Å²) >= 11 is 0. The normalized spacial score (nSPS) is 23.9. The maximum atomic E-state index is 9.05. The van der Waals surface area contributed by atoms with E-state index in [1.54, 1.807) is 6.20 Å². The molecule has 0 bridgehead atoms. The van der Waals surface area contributed by atoms with E-state index in [1.165, 1.54) is 25.7 Å². The summed E-state index contributed by atoms with van der Waals surface area (Å²) in [6, 6.07) is 6.75. The van der Waals surface area contributed by atoms with E-state index in [4.69, 9.17) is 5.26 Å². The second-order valence-corrected chi connectivity index (χ2v) is 5.45. The fourth-order valence-corrected chi connectivity index (χ4v) is 2.75. The molecule has 18 heavy (non-hydrogen) atoms. The minimum absolute atomic E-state index is 0.563. The van der Waals surface area contributed by atoms with Crippen molar-refractivity contribution in [1.29, 1.82) is 5.26 Å². The van der Waals surface area contributed by atoms with Gasteiger partial charge in [0.2, 0.25) is 0 Å². The molecule has 0 unspecified atom stereocenters. The van der Waals surface area contributed by atoms with Crippen LogP contribution in [0.1, 0.15) is 43.9 Å². The smallest absolute Gasteiger partial charge is 0.144 e. The molecule has 0 atom stereocenters. The number of hydrogen-bond donors (Lipinski definition) is 0. The van der Waals surface area contributed by atoms with E-state index < -0.39 is 0 Å². The molecule has 0 saturated heterocycles. The first-order valence-electron chi connectivity index (χ1n) is 6.75. The highest BCUT2D eigenvalue weighted by atomic mass is 15.1. The fourth-order valence-electron chi connectivity index (χ4n) is 2.75. The van der Waals surface area contributed by atoms with Crippen LogP contribution in [0.2, 0.25) is 0 Å². The molecule has 1 fully saturated rings. The summed E-state index contributed by atoms with van der Waals surface area (Å²) in [6.45, 7) is 3.17. The van der Waals surface area contributed by atoms with E-state index in [0.717, 1.165) is 18.0 Å². The van der Waals surface area contributed by atoms with Crippen LogP contribution >= 0.6 is 0 Å². The predicted molar refractivity (Wildman–Crippen MR) is 71.8 cm³/mol. The van der Waals surface area contributed by atoms with Crippen LogP contribution in [0.15, 0.2) is 18.3 Å². The number of hydrogen-bond acceptors (Lipinski definition) is 3. The van der Waals surface area contributed by atoms with Crippen LogP contribution in [0, 0.1) is 17.2 Å². The van der Waals surface area contributed by atoms with Crippen LogP contribution in [0.4, 0.5) is 0 Å². The molecule has 3 nitrogen and oxygen atoms in total. The van der Waals surface area contributed by atoms with Crippen molar-refractivity contribution in [2.45, 2.75) is 45.2 Å². The van der Waals surface area contributed by atoms with E-state index in [0.29, 0.717) is 11.7 Å². The number of nitriles is 1. The van der Waals surface area contributed by atoms with Crippen LogP contribution in [-0.4, -0.2) is 23.0 Å². The summed E-state index contributed by atoms with van der Waals surface area (Å²) in [6.07, 6.45) is 6.89. The molecule has 1 aliphatic carbocycles. The van der Waals surface area contributed by atoms with Gasteiger partial charge in [0.1, 0.15) is 11.8 Å². The SMILES string of the molecule is CC1CCC(N(C)Cc2cccnc2C#N)CC1. The zero-order valence-electron chi connectivity index (χ0n) is 11.3. The van der Waals surface area contributed by atoms with Crippen LogP contribution < -0.4 is 0 Å². The van der Waals surface area contributed by atoms with Crippen LogP contribution in [0.25, 0.3) is 0 Å². The molecular formula is C15H21N3. The standard InChI is InChI=1S/C15H21N3/c1-12-5-7-14(8-6-12)18(2)11-13-4-3-9-17-15(13)10-16/h3-4,9,12,14H,5-8,11H2,1-2H3. The van der Waals surface area contributed by atoms with Gasteiger partial charge in [0, 0.05) is 24.3 Å². The van der Waals surface area contributed by atoms with E-state index in [9.17, 15) is 0 Å². The van der Waals surface area contributed by atoms with Crippen molar-refractivity contribution < 1.29 is 0 Å². The number of aromatic nitrogens is 1. The molecule has 1 heterocycles. The molecule has 96 valence electrons. The lowest BCUT2D eigenvalue weighted by molar-refractivity contribution is 0.163. The average molecular weight is 243 g/mol. The van der Waals surface area contributed by atoms with E-state index >= 15 is 0 Å². The molecule has 0 amide bonds. The highest BCUT2D eigenvalue weighted by Crippen LogP contribution is 2.27. The first-order chi connectivity index (χ1) is 8.70. The number of pyridine rings is 1. The van der Waals surface area contributed by atoms with Gasteiger partial charge < -0.3 is 0 Å². The third kappa shape index (κ3) is 3.08. The third-order valence-electron chi connectivity index (χ3n) is 4.03. The van der Waals surface area contributed by atoms with E-state index in [-0.39, 0.29) is 0 Å². The van der Waals surface area contributed by atoms with Crippen molar-refractivity contribution in [3.63, 3.8) is 0 Å². The Hall–Kier alpha value is -1.40. The van der Waals surface area contributed by atoms with Crippen molar-refractivity contribution >= 4 is 0 Å². The van der Waals surface area contributed by atoms with Crippen molar-refractivity contribution in [3.05, 3.63) is 29.6 Å². The molecular weight excluding hydrogens is 222 g/mol. The Balaban J connectivity index is 1.99. The molecule has 1 aromatic rings. The predicted octanol–water partition coefficient (Wildman–Crippen LogP) is 2.96. The van der Waals surface area contributed by atoms with Crippen molar-refractivity contribution in [1.82, 2.24) is 9.88 Å². The Morgan fingerprint density at radius 2 is 2.11 bits per heavy atom. The van der Waals surface area contributed by atoms with Crippen LogP contribution in [-0.2, 0) is 6.54 Å². The Kier molecular flexibility index (Phi) is 4.33. The van der Waals surface area contributed by atoms with Crippen molar-refractivity contribution in [3.8, 4) is 6.07 Å². The van der Waals surface area contributed by atoms with Gasteiger partial charge in [0.15, 0.2) is 0 Å². The van der Waals surface area contributed by atoms with Gasteiger partial charge in [-0.1, -0.05) is 13.0 Å². The monoisotopic (exact) mass is 243 g/mol. The lowest BCUT2D eigenvalue weighted by Gasteiger charge is -2.33. The van der Waals surface area contributed by atoms with Crippen molar-refractivity contribution in [2.24, 2.45) is 5.92 Å². The zero-order valence-corrected chi connectivity index (χ0v) is 11.3. The highest BCUT2D eigenvalue weighted by Gasteiger charge is 2.22. The number of rotatable bonds is 3. The molecule has 0 aromatic carbocycles. The largest absolute Gasteiger partial charge is 0.299 e. The summed E-state index contributed by atoms with van der Waals surface area (Å²) < 4.78 is 0. The van der Waals surface area contributed by atoms with Crippen LogP contribution in [0.3, 0.4) is 0 Å². The summed E-state index contributed by atoms with van der Waals surface area (Å²) in [4.78, 5) is 6.50. The molecule has 0 spiro atoms. The van der Waals surface area contributed by atoms with Gasteiger partial charge in [0.05, 0.1) is 0 Å². The van der Waals surface area contributed by atoms with Crippen molar-refractivity contribution in [2.75, 3.05) is 7.05 Å².